The van der Waals surface area contributed by atoms with Gasteiger partial charge in [0, 0.05) is 37.8 Å². The van der Waals surface area contributed by atoms with E-state index >= 15 is 0 Å². The lowest BCUT2D eigenvalue weighted by Crippen LogP contribution is -2.53. The molecule has 2 aliphatic heterocycles. The number of ether oxygens (including phenoxy) is 1. The summed E-state index contributed by atoms with van der Waals surface area (Å²) in [6.45, 7) is 2.19. The number of anilines is 1. The lowest BCUT2D eigenvalue weighted by Gasteiger charge is -2.37. The first-order valence-electron chi connectivity index (χ1n) is 9.67. The summed E-state index contributed by atoms with van der Waals surface area (Å²) < 4.78 is 5.20. The molecule has 2 fully saturated rings. The van der Waals surface area contributed by atoms with E-state index in [1.807, 2.05) is 23.1 Å². The molecule has 2 saturated heterocycles. The minimum atomic E-state index is -0.484. The predicted octanol–water partition coefficient (Wildman–Crippen LogP) is 1.79. The number of carbonyl (C=O) groups excluding carboxylic acids is 3. The minimum absolute atomic E-state index is 0.00270. The van der Waals surface area contributed by atoms with E-state index in [-0.39, 0.29) is 24.1 Å². The van der Waals surface area contributed by atoms with Crippen LogP contribution in [0.4, 0.5) is 5.69 Å². The van der Waals surface area contributed by atoms with Crippen molar-refractivity contribution in [2.75, 3.05) is 38.2 Å². The molecule has 150 valence electrons. The number of amides is 3. The molecule has 0 spiro atoms. The second-order valence-electron chi connectivity index (χ2n) is 7.18. The summed E-state index contributed by atoms with van der Waals surface area (Å²) >= 11 is 0. The Balaban J connectivity index is 1.42. The van der Waals surface area contributed by atoms with Crippen LogP contribution in [0.2, 0.25) is 0 Å². The van der Waals surface area contributed by atoms with Gasteiger partial charge in [-0.2, -0.15) is 0 Å². The van der Waals surface area contributed by atoms with Crippen molar-refractivity contribution in [3.8, 4) is 5.75 Å². The van der Waals surface area contributed by atoms with Crippen molar-refractivity contribution < 1.29 is 19.1 Å². The summed E-state index contributed by atoms with van der Waals surface area (Å²) in [6, 6.07) is 15.7. The highest BCUT2D eigenvalue weighted by molar-refractivity contribution is 6.22. The Hall–Kier alpha value is -3.19. The molecule has 0 bridgehead atoms. The number of methoxy groups -OCH3 is 1. The van der Waals surface area contributed by atoms with E-state index in [9.17, 15) is 14.4 Å². The predicted molar refractivity (Wildman–Crippen MR) is 108 cm³/mol. The van der Waals surface area contributed by atoms with Gasteiger partial charge in [-0.05, 0) is 24.3 Å². The number of rotatable bonds is 4. The smallest absolute Gasteiger partial charge is 0.253 e. The van der Waals surface area contributed by atoms with Crippen molar-refractivity contribution >= 4 is 23.4 Å². The van der Waals surface area contributed by atoms with Crippen LogP contribution < -0.4 is 9.64 Å². The molecule has 2 aromatic rings. The molecule has 2 aromatic carbocycles. The SMILES string of the molecule is COc1cccc(N2C(=O)C[C@H](N3CCN(C(=O)c4ccccc4)CC3)C2=O)c1. The molecule has 1 atom stereocenters. The molecule has 7 nitrogen and oxygen atoms in total. The molecule has 0 aromatic heterocycles. The molecular formula is C22H23N3O4. The molecule has 0 aliphatic carbocycles. The van der Waals surface area contributed by atoms with Gasteiger partial charge in [0.05, 0.1) is 25.3 Å². The second kappa shape index (κ2) is 8.05. The van der Waals surface area contributed by atoms with Gasteiger partial charge < -0.3 is 9.64 Å². The molecule has 0 N–H and O–H groups in total. The lowest BCUT2D eigenvalue weighted by atomic mass is 10.1. The van der Waals surface area contributed by atoms with Crippen molar-refractivity contribution in [1.82, 2.24) is 9.80 Å². The molecule has 0 unspecified atom stereocenters. The van der Waals surface area contributed by atoms with E-state index in [1.54, 1.807) is 48.4 Å². The third-order valence-corrected chi connectivity index (χ3v) is 5.50. The maximum Gasteiger partial charge on any atom is 0.253 e. The average molecular weight is 393 g/mol. The van der Waals surface area contributed by atoms with E-state index in [0.29, 0.717) is 43.2 Å². The number of benzene rings is 2. The zero-order valence-electron chi connectivity index (χ0n) is 16.3. The van der Waals surface area contributed by atoms with E-state index in [1.165, 1.54) is 4.90 Å². The zero-order valence-corrected chi connectivity index (χ0v) is 16.3. The number of carbonyl (C=O) groups is 3. The Morgan fingerprint density at radius 3 is 2.38 bits per heavy atom. The van der Waals surface area contributed by atoms with E-state index < -0.39 is 6.04 Å². The largest absolute Gasteiger partial charge is 0.497 e. The first kappa shape index (κ1) is 19.1. The maximum absolute atomic E-state index is 13.0. The number of piperazine rings is 1. The van der Waals surface area contributed by atoms with E-state index in [4.69, 9.17) is 4.74 Å². The van der Waals surface area contributed by atoms with Crippen LogP contribution in [0.1, 0.15) is 16.8 Å². The molecular weight excluding hydrogens is 370 g/mol. The number of hydrogen-bond acceptors (Lipinski definition) is 5. The van der Waals surface area contributed by atoms with Gasteiger partial charge >= 0.3 is 0 Å². The Bertz CT molecular complexity index is 923. The monoisotopic (exact) mass is 393 g/mol. The Morgan fingerprint density at radius 1 is 0.966 bits per heavy atom. The first-order chi connectivity index (χ1) is 14.1. The lowest BCUT2D eigenvalue weighted by molar-refractivity contribution is -0.123. The highest BCUT2D eigenvalue weighted by Gasteiger charge is 2.43. The van der Waals surface area contributed by atoms with Crippen LogP contribution in [0.3, 0.4) is 0 Å². The summed E-state index contributed by atoms with van der Waals surface area (Å²) in [5.74, 6) is 0.166. The third kappa shape index (κ3) is 3.73. The number of hydrogen-bond donors (Lipinski definition) is 0. The van der Waals surface area contributed by atoms with Crippen LogP contribution in [0.5, 0.6) is 5.75 Å². The Kier molecular flexibility index (Phi) is 5.31. The minimum Gasteiger partial charge on any atom is -0.497 e. The van der Waals surface area contributed by atoms with Gasteiger partial charge in [-0.3, -0.25) is 19.3 Å². The molecule has 4 rings (SSSR count). The number of imide groups is 1. The summed E-state index contributed by atoms with van der Waals surface area (Å²) in [6.07, 6.45) is 0.155. The van der Waals surface area contributed by atoms with Crippen LogP contribution in [0, 0.1) is 0 Å². The van der Waals surface area contributed by atoms with Crippen LogP contribution in [0.25, 0.3) is 0 Å². The van der Waals surface area contributed by atoms with Crippen LogP contribution in [0.15, 0.2) is 54.6 Å². The molecule has 2 aliphatic rings. The van der Waals surface area contributed by atoms with Crippen LogP contribution in [-0.2, 0) is 9.59 Å². The fourth-order valence-electron chi connectivity index (χ4n) is 3.92. The van der Waals surface area contributed by atoms with Gasteiger partial charge in [-0.1, -0.05) is 24.3 Å². The summed E-state index contributed by atoms with van der Waals surface area (Å²) in [7, 11) is 1.55. The Labute approximate surface area is 169 Å². The standard InChI is InChI=1S/C22H23N3O4/c1-29-18-9-5-8-17(14-18)25-20(26)15-19(22(25)28)23-10-12-24(13-11-23)21(27)16-6-3-2-4-7-16/h2-9,14,19H,10-13,15H2,1H3/t19-/m0/s1. The van der Waals surface area contributed by atoms with E-state index in [2.05, 4.69) is 0 Å². The normalized spacial score (nSPS) is 20.2. The zero-order chi connectivity index (χ0) is 20.4. The molecule has 29 heavy (non-hydrogen) atoms. The third-order valence-electron chi connectivity index (χ3n) is 5.50. The summed E-state index contributed by atoms with van der Waals surface area (Å²) in [5, 5.41) is 0. The maximum atomic E-state index is 13.0. The first-order valence-corrected chi connectivity index (χ1v) is 9.67. The molecule has 0 saturated carbocycles. The summed E-state index contributed by atoms with van der Waals surface area (Å²) in [4.78, 5) is 43.2. The second-order valence-corrected chi connectivity index (χ2v) is 7.18. The van der Waals surface area contributed by atoms with Gasteiger partial charge in [0.1, 0.15) is 5.75 Å². The molecule has 3 amide bonds. The quantitative estimate of drug-likeness (QED) is 0.741. The van der Waals surface area contributed by atoms with Crippen LogP contribution >= 0.6 is 0 Å². The van der Waals surface area contributed by atoms with Gasteiger partial charge in [0.15, 0.2) is 0 Å². The van der Waals surface area contributed by atoms with Crippen molar-refractivity contribution in [2.45, 2.75) is 12.5 Å². The van der Waals surface area contributed by atoms with Crippen molar-refractivity contribution in [3.63, 3.8) is 0 Å². The summed E-state index contributed by atoms with van der Waals surface area (Å²) in [5.41, 5.74) is 1.19. The van der Waals surface area contributed by atoms with Gasteiger partial charge in [0.25, 0.3) is 11.8 Å². The highest BCUT2D eigenvalue weighted by Crippen LogP contribution is 2.28. The van der Waals surface area contributed by atoms with Crippen molar-refractivity contribution in [1.29, 1.82) is 0 Å². The highest BCUT2D eigenvalue weighted by atomic mass is 16.5. The van der Waals surface area contributed by atoms with E-state index in [0.717, 1.165) is 0 Å². The fraction of sp³-hybridized carbons (Fsp3) is 0.318. The van der Waals surface area contributed by atoms with Gasteiger partial charge in [-0.25, -0.2) is 4.90 Å². The van der Waals surface area contributed by atoms with Gasteiger partial charge in [0.2, 0.25) is 5.91 Å². The number of nitrogens with zero attached hydrogens (tertiary/aromatic N) is 3. The molecule has 2 heterocycles. The van der Waals surface area contributed by atoms with Crippen molar-refractivity contribution in [2.24, 2.45) is 0 Å². The topological polar surface area (TPSA) is 70.2 Å². The van der Waals surface area contributed by atoms with Crippen LogP contribution in [-0.4, -0.2) is 66.9 Å². The fourth-order valence-corrected chi connectivity index (χ4v) is 3.92. The van der Waals surface area contributed by atoms with Crippen molar-refractivity contribution in [3.05, 3.63) is 60.2 Å². The average Bonchev–Trinajstić information content (AvgIpc) is 3.08. The Morgan fingerprint density at radius 2 is 1.69 bits per heavy atom. The molecule has 7 heteroatoms. The molecule has 0 radical (unpaired) electrons. The van der Waals surface area contributed by atoms with Gasteiger partial charge in [-0.15, -0.1) is 0 Å².